The number of benzene rings is 2. The molecule has 0 N–H and O–H groups in total. The Morgan fingerprint density at radius 1 is 1.05 bits per heavy atom. The maximum atomic E-state index is 6.28. The lowest BCUT2D eigenvalue weighted by Gasteiger charge is -2.18. The van der Waals surface area contributed by atoms with Gasteiger partial charge in [0.05, 0.1) is 11.3 Å². The fraction of sp³-hybridized carbons (Fsp3) is 0.176. The van der Waals surface area contributed by atoms with Gasteiger partial charge >= 0.3 is 0 Å². The smallest absolute Gasteiger partial charge is 0.152 e. The molecule has 1 aliphatic rings. The van der Waals surface area contributed by atoms with Gasteiger partial charge in [-0.25, -0.2) is 0 Å². The third-order valence-electron chi connectivity index (χ3n) is 3.52. The van der Waals surface area contributed by atoms with E-state index in [1.807, 2.05) is 30.3 Å². The molecule has 2 nitrogen and oxygen atoms in total. The van der Waals surface area contributed by atoms with Crippen molar-refractivity contribution in [2.75, 3.05) is 6.61 Å². The summed E-state index contributed by atoms with van der Waals surface area (Å²) in [5.41, 5.74) is 1.17. The summed E-state index contributed by atoms with van der Waals surface area (Å²) in [6, 6.07) is 18.6. The lowest BCUT2D eigenvalue weighted by Crippen LogP contribution is -2.14. The van der Waals surface area contributed by atoms with E-state index in [0.717, 1.165) is 12.4 Å². The lowest BCUT2D eigenvalue weighted by atomic mass is 10.1. The maximum absolute atomic E-state index is 6.28. The fourth-order valence-electron chi connectivity index (χ4n) is 2.43. The fourth-order valence-corrected chi connectivity index (χ4v) is 3.28. The first-order valence-corrected chi connectivity index (χ1v) is 7.59. The molecular formula is C17H14O2S. The second kappa shape index (κ2) is 4.93. The molecule has 2 heterocycles. The van der Waals surface area contributed by atoms with E-state index in [0.29, 0.717) is 0 Å². The number of epoxide rings is 1. The van der Waals surface area contributed by atoms with Crippen LogP contribution in [0.2, 0.25) is 0 Å². The topological polar surface area (TPSA) is 21.8 Å². The van der Waals surface area contributed by atoms with Crippen LogP contribution in [0.1, 0.15) is 11.7 Å². The summed E-state index contributed by atoms with van der Waals surface area (Å²) in [6.45, 7) is 0.778. The first-order chi connectivity index (χ1) is 9.92. The van der Waals surface area contributed by atoms with E-state index in [1.165, 1.54) is 15.6 Å². The number of ether oxygens (including phenoxy) is 2. The average molecular weight is 282 g/mol. The van der Waals surface area contributed by atoms with E-state index in [9.17, 15) is 0 Å². The zero-order valence-corrected chi connectivity index (χ0v) is 11.7. The highest BCUT2D eigenvalue weighted by Gasteiger charge is 2.36. The summed E-state index contributed by atoms with van der Waals surface area (Å²) in [6.07, 6.45) is 0.150. The molecule has 3 heteroatoms. The monoisotopic (exact) mass is 282 g/mol. The van der Waals surface area contributed by atoms with Gasteiger partial charge in [0.2, 0.25) is 0 Å². The van der Waals surface area contributed by atoms with E-state index >= 15 is 0 Å². The van der Waals surface area contributed by atoms with Crippen LogP contribution >= 0.6 is 11.3 Å². The van der Waals surface area contributed by atoms with Gasteiger partial charge in [-0.2, -0.15) is 0 Å². The van der Waals surface area contributed by atoms with Crippen molar-refractivity contribution in [3.05, 3.63) is 65.5 Å². The Kier molecular flexibility index (Phi) is 2.94. The molecule has 2 atom stereocenters. The van der Waals surface area contributed by atoms with Crippen molar-refractivity contribution in [2.45, 2.75) is 12.2 Å². The first kappa shape index (κ1) is 11.9. The van der Waals surface area contributed by atoms with Crippen LogP contribution in [-0.2, 0) is 4.74 Å². The molecule has 1 aliphatic heterocycles. The highest BCUT2D eigenvalue weighted by atomic mass is 32.1. The van der Waals surface area contributed by atoms with Crippen LogP contribution in [0.15, 0.2) is 60.0 Å². The molecule has 3 aromatic rings. The van der Waals surface area contributed by atoms with Crippen molar-refractivity contribution in [1.29, 1.82) is 0 Å². The highest BCUT2D eigenvalue weighted by Crippen LogP contribution is 2.37. The van der Waals surface area contributed by atoms with Gasteiger partial charge in [0, 0.05) is 0 Å². The number of hydrogen-bond acceptors (Lipinski definition) is 3. The molecule has 20 heavy (non-hydrogen) atoms. The normalized spacial score (nSPS) is 18.9. The van der Waals surface area contributed by atoms with Gasteiger partial charge in [0.25, 0.3) is 0 Å². The first-order valence-electron chi connectivity index (χ1n) is 6.71. The Labute approximate surface area is 121 Å². The molecule has 0 aliphatic carbocycles. The third kappa shape index (κ3) is 2.19. The molecule has 0 spiro atoms. The van der Waals surface area contributed by atoms with E-state index in [1.54, 1.807) is 11.3 Å². The predicted octanol–water partition coefficient (Wildman–Crippen LogP) is 4.42. The summed E-state index contributed by atoms with van der Waals surface area (Å²) in [5, 5.41) is 3.33. The number of thiophene rings is 1. The largest absolute Gasteiger partial charge is 0.481 e. The molecule has 1 aromatic heterocycles. The summed E-state index contributed by atoms with van der Waals surface area (Å²) in [4.78, 5) is 0. The SMILES string of the molecule is c1ccc([C@H](Oc2cccc3ccsc23)[C@@H]2CO2)cc1. The zero-order valence-electron chi connectivity index (χ0n) is 10.9. The Bertz CT molecular complexity index is 716. The van der Waals surface area contributed by atoms with Crippen LogP contribution in [-0.4, -0.2) is 12.7 Å². The minimum atomic E-state index is -0.0242. The summed E-state index contributed by atoms with van der Waals surface area (Å²) in [5.74, 6) is 0.946. The number of rotatable bonds is 4. The third-order valence-corrected chi connectivity index (χ3v) is 4.47. The van der Waals surface area contributed by atoms with Gasteiger partial charge in [-0.05, 0) is 28.5 Å². The average Bonchev–Trinajstić information content (AvgIpc) is 3.22. The number of fused-ring (bicyclic) bond motifs is 1. The van der Waals surface area contributed by atoms with Gasteiger partial charge in [0.15, 0.2) is 6.10 Å². The summed E-state index contributed by atoms with van der Waals surface area (Å²) in [7, 11) is 0. The molecule has 0 radical (unpaired) electrons. The number of hydrogen-bond donors (Lipinski definition) is 0. The van der Waals surface area contributed by atoms with Crippen molar-refractivity contribution in [3.63, 3.8) is 0 Å². The van der Waals surface area contributed by atoms with Crippen LogP contribution < -0.4 is 4.74 Å². The van der Waals surface area contributed by atoms with Crippen LogP contribution in [0.25, 0.3) is 10.1 Å². The molecule has 0 bridgehead atoms. The van der Waals surface area contributed by atoms with E-state index in [4.69, 9.17) is 9.47 Å². The minimum absolute atomic E-state index is 0.0242. The molecule has 0 unspecified atom stereocenters. The second-order valence-corrected chi connectivity index (χ2v) is 5.83. The summed E-state index contributed by atoms with van der Waals surface area (Å²) < 4.78 is 13.0. The van der Waals surface area contributed by atoms with Crippen LogP contribution in [0.5, 0.6) is 5.75 Å². The Morgan fingerprint density at radius 2 is 1.90 bits per heavy atom. The van der Waals surface area contributed by atoms with Crippen molar-refractivity contribution in [2.24, 2.45) is 0 Å². The molecular weight excluding hydrogens is 268 g/mol. The molecule has 4 rings (SSSR count). The molecule has 1 fully saturated rings. The highest BCUT2D eigenvalue weighted by molar-refractivity contribution is 7.17. The zero-order chi connectivity index (χ0) is 13.4. The minimum Gasteiger partial charge on any atom is -0.481 e. The molecule has 100 valence electrons. The van der Waals surface area contributed by atoms with Gasteiger partial charge in [-0.3, -0.25) is 0 Å². The molecule has 2 aromatic carbocycles. The van der Waals surface area contributed by atoms with E-state index in [-0.39, 0.29) is 12.2 Å². The second-order valence-electron chi connectivity index (χ2n) is 4.92. The van der Waals surface area contributed by atoms with E-state index in [2.05, 4.69) is 29.6 Å². The Hall–Kier alpha value is -1.84. The quantitative estimate of drug-likeness (QED) is 0.661. The van der Waals surface area contributed by atoms with Crippen LogP contribution in [0.3, 0.4) is 0 Å². The van der Waals surface area contributed by atoms with Gasteiger partial charge < -0.3 is 9.47 Å². The standard InChI is InChI=1S/C17H14O2S/c1-2-5-12(6-3-1)16(15-11-18-15)19-14-8-4-7-13-9-10-20-17(13)14/h1-10,15-16H,11H2/t15-,16-/m0/s1. The summed E-state index contributed by atoms with van der Waals surface area (Å²) >= 11 is 1.72. The van der Waals surface area contributed by atoms with Crippen LogP contribution in [0, 0.1) is 0 Å². The Morgan fingerprint density at radius 3 is 2.70 bits per heavy atom. The van der Waals surface area contributed by atoms with Crippen molar-refractivity contribution in [3.8, 4) is 5.75 Å². The molecule has 0 amide bonds. The Balaban J connectivity index is 1.70. The predicted molar refractivity (Wildman–Crippen MR) is 81.4 cm³/mol. The lowest BCUT2D eigenvalue weighted by molar-refractivity contribution is 0.164. The van der Waals surface area contributed by atoms with Crippen molar-refractivity contribution >= 4 is 21.4 Å². The van der Waals surface area contributed by atoms with Gasteiger partial charge in [-0.1, -0.05) is 42.5 Å². The van der Waals surface area contributed by atoms with E-state index < -0.39 is 0 Å². The molecule has 0 saturated carbocycles. The van der Waals surface area contributed by atoms with Gasteiger partial charge in [0.1, 0.15) is 11.9 Å². The van der Waals surface area contributed by atoms with Crippen LogP contribution in [0.4, 0.5) is 0 Å². The van der Waals surface area contributed by atoms with Crippen molar-refractivity contribution in [1.82, 2.24) is 0 Å². The maximum Gasteiger partial charge on any atom is 0.152 e. The van der Waals surface area contributed by atoms with Crippen molar-refractivity contribution < 1.29 is 9.47 Å². The molecule has 1 saturated heterocycles. The van der Waals surface area contributed by atoms with Gasteiger partial charge in [-0.15, -0.1) is 11.3 Å².